The zero-order valence-electron chi connectivity index (χ0n) is 8.71. The van der Waals surface area contributed by atoms with Gasteiger partial charge in [-0.1, -0.05) is 0 Å². The second-order valence-corrected chi connectivity index (χ2v) is 7.76. The predicted molar refractivity (Wildman–Crippen MR) is 67.1 cm³/mol. The van der Waals surface area contributed by atoms with Crippen LogP contribution in [0.1, 0.15) is 6.42 Å². The highest BCUT2D eigenvalue weighted by Gasteiger charge is 2.52. The second-order valence-electron chi connectivity index (χ2n) is 3.67. The van der Waals surface area contributed by atoms with Crippen molar-refractivity contribution in [3.05, 3.63) is 0 Å². The monoisotopic (exact) mass is 305 g/mol. The van der Waals surface area contributed by atoms with Gasteiger partial charge in [0.25, 0.3) is 0 Å². The van der Waals surface area contributed by atoms with Crippen molar-refractivity contribution in [1.29, 1.82) is 0 Å². The molecule has 0 aromatic carbocycles. The van der Waals surface area contributed by atoms with Gasteiger partial charge in [-0.05, 0) is 13.0 Å². The van der Waals surface area contributed by atoms with Crippen molar-refractivity contribution in [2.45, 2.75) is 17.7 Å². The van der Waals surface area contributed by atoms with Crippen LogP contribution in [0.4, 0.5) is 0 Å². The summed E-state index contributed by atoms with van der Waals surface area (Å²) in [7, 11) is -9.80. The molecular weight excluding hydrogens is 290 g/mol. The van der Waals surface area contributed by atoms with E-state index in [-0.39, 0.29) is 5.25 Å². The summed E-state index contributed by atoms with van der Waals surface area (Å²) in [6, 6.07) is -0.576. The van der Waals surface area contributed by atoms with Gasteiger partial charge in [0, 0.05) is 11.8 Å². The van der Waals surface area contributed by atoms with Crippen LogP contribution in [-0.4, -0.2) is 54.0 Å². The van der Waals surface area contributed by atoms with Crippen LogP contribution >= 0.6 is 28.2 Å². The van der Waals surface area contributed by atoms with Crippen molar-refractivity contribution in [2.24, 2.45) is 4.99 Å². The minimum Gasteiger partial charge on any atom is -0.317 e. The molecule has 0 amide bonds. The molecule has 0 spiro atoms. The normalized spacial score (nSPS) is 28.2. The highest BCUT2D eigenvalue weighted by Crippen LogP contribution is 2.60. The van der Waals surface area contributed by atoms with Gasteiger partial charge in [0.1, 0.15) is 0 Å². The lowest BCUT2D eigenvalue weighted by Crippen LogP contribution is -2.40. The largest absolute Gasteiger partial charge is 0.469 e. The Morgan fingerprint density at radius 3 is 2.41 bits per heavy atom. The van der Waals surface area contributed by atoms with E-state index >= 15 is 0 Å². The van der Waals surface area contributed by atoms with Gasteiger partial charge in [-0.25, -0.2) is 9.56 Å². The average molecular weight is 305 g/mol. The van der Waals surface area contributed by atoms with Crippen molar-refractivity contribution >= 4 is 33.4 Å². The van der Waals surface area contributed by atoms with E-state index in [2.05, 4.69) is 22.9 Å². The standard InChI is InChI=1S/C6H14N2O6P2S/c9-15(10,11)6(16(12,13)14)8-4-1-2-7-3-5(4)17/h4-5,7,9-11H,1-3H2,(H2-,12,13,14,17)/p+1. The third-order valence-electron chi connectivity index (χ3n) is 2.22. The Bertz CT molecular complexity index is 353. The molecule has 1 saturated heterocycles. The third kappa shape index (κ3) is 4.55. The van der Waals surface area contributed by atoms with Gasteiger partial charge < -0.3 is 15.1 Å². The van der Waals surface area contributed by atoms with Gasteiger partial charge in [-0.15, -0.1) is 0 Å². The van der Waals surface area contributed by atoms with Gasteiger partial charge in [-0.3, -0.25) is 0 Å². The molecule has 0 saturated carbocycles. The molecule has 0 aromatic rings. The van der Waals surface area contributed by atoms with E-state index in [1.165, 1.54) is 0 Å². The van der Waals surface area contributed by atoms with Crippen LogP contribution in [-0.2, 0) is 4.57 Å². The molecule has 0 bridgehead atoms. The Labute approximate surface area is 104 Å². The van der Waals surface area contributed by atoms with E-state index in [9.17, 15) is 4.57 Å². The van der Waals surface area contributed by atoms with Gasteiger partial charge >= 0.3 is 20.7 Å². The summed E-state index contributed by atoms with van der Waals surface area (Å²) >= 11 is 4.17. The average Bonchev–Trinajstić information content (AvgIpc) is 2.12. The molecule has 2 atom stereocenters. The smallest absolute Gasteiger partial charge is 0.317 e. The van der Waals surface area contributed by atoms with Crippen molar-refractivity contribution in [3.8, 4) is 0 Å². The van der Waals surface area contributed by atoms with E-state index in [4.69, 9.17) is 24.5 Å². The number of hydrogen-bond donors (Lipinski definition) is 7. The van der Waals surface area contributed by atoms with Crippen LogP contribution in [0, 0.1) is 0 Å². The summed E-state index contributed by atoms with van der Waals surface area (Å²) in [6.45, 7) is 1.06. The molecule has 1 aliphatic rings. The molecule has 8 nitrogen and oxygen atoms in total. The SMILES string of the molecule is O=P(O)(O)C(=NC1CCNCC1S)[P+](O)(O)O. The van der Waals surface area contributed by atoms with Gasteiger partial charge in [0.05, 0.1) is 6.04 Å². The minimum absolute atomic E-state index is 0.308. The molecule has 6 N–H and O–H groups in total. The fourth-order valence-electron chi connectivity index (χ4n) is 1.45. The number of aliphatic imine (C=N–C) groups is 1. The summed E-state index contributed by atoms with van der Waals surface area (Å²) in [5, 5.41) is 1.45. The van der Waals surface area contributed by atoms with E-state index < -0.39 is 26.8 Å². The molecule has 100 valence electrons. The molecule has 0 aliphatic carbocycles. The van der Waals surface area contributed by atoms with Crippen molar-refractivity contribution in [3.63, 3.8) is 0 Å². The fourth-order valence-corrected chi connectivity index (χ4v) is 3.80. The molecule has 0 aromatic heterocycles. The predicted octanol–water partition coefficient (Wildman–Crippen LogP) is -1.08. The lowest BCUT2D eigenvalue weighted by molar-refractivity contribution is 0.347. The lowest BCUT2D eigenvalue weighted by atomic mass is 10.1. The molecule has 1 heterocycles. The zero-order valence-corrected chi connectivity index (χ0v) is 11.4. The van der Waals surface area contributed by atoms with Gasteiger partial charge in [-0.2, -0.15) is 27.3 Å². The quantitative estimate of drug-likeness (QED) is 0.200. The summed E-state index contributed by atoms with van der Waals surface area (Å²) in [5.41, 5.74) is 0. The number of piperidine rings is 1. The first-order valence-electron chi connectivity index (χ1n) is 4.73. The number of nitrogens with one attached hydrogen (secondary N) is 1. The fraction of sp³-hybridized carbons (Fsp3) is 0.833. The van der Waals surface area contributed by atoms with Gasteiger partial charge in [0.15, 0.2) is 0 Å². The van der Waals surface area contributed by atoms with Crippen LogP contribution in [0.25, 0.3) is 0 Å². The maximum Gasteiger partial charge on any atom is 0.469 e. The summed E-state index contributed by atoms with van der Waals surface area (Å²) in [6.07, 6.45) is 0.442. The van der Waals surface area contributed by atoms with Crippen LogP contribution < -0.4 is 5.32 Å². The van der Waals surface area contributed by atoms with Crippen LogP contribution in [0.5, 0.6) is 0 Å². The van der Waals surface area contributed by atoms with Crippen LogP contribution in [0.15, 0.2) is 4.99 Å². The Morgan fingerprint density at radius 2 is 2.00 bits per heavy atom. The first-order chi connectivity index (χ1) is 7.62. The molecule has 1 aliphatic heterocycles. The zero-order chi connectivity index (χ0) is 13.3. The highest BCUT2D eigenvalue weighted by molar-refractivity contribution is 8.00. The Kier molecular flexibility index (Phi) is 5.11. The number of thiol groups is 1. The molecule has 1 fully saturated rings. The maximum atomic E-state index is 11.0. The minimum atomic E-state index is -5.00. The van der Waals surface area contributed by atoms with Crippen molar-refractivity contribution in [1.82, 2.24) is 5.32 Å². The Balaban J connectivity index is 3.01. The molecular formula is C6H15N2O6P2S+. The topological polar surface area (TPSA) is 143 Å². The van der Waals surface area contributed by atoms with Crippen molar-refractivity contribution in [2.75, 3.05) is 13.1 Å². The maximum absolute atomic E-state index is 11.0. The third-order valence-corrected chi connectivity index (χ3v) is 5.63. The summed E-state index contributed by atoms with van der Waals surface area (Å²) in [5.74, 6) is 0. The van der Waals surface area contributed by atoms with E-state index in [1.54, 1.807) is 0 Å². The number of nitrogens with zero attached hydrogens (tertiary/aromatic N) is 1. The Hall–Kier alpha value is 0.440. The number of hydrogen-bond acceptors (Lipinski definition) is 7. The first-order valence-corrected chi connectivity index (χ1v) is 8.50. The van der Waals surface area contributed by atoms with Crippen molar-refractivity contribution < 1.29 is 29.0 Å². The number of rotatable bonds is 3. The molecule has 0 radical (unpaired) electrons. The van der Waals surface area contributed by atoms with E-state index in [0.717, 1.165) is 0 Å². The highest BCUT2D eigenvalue weighted by atomic mass is 32.1. The van der Waals surface area contributed by atoms with Crippen LogP contribution in [0.3, 0.4) is 0 Å². The van der Waals surface area contributed by atoms with E-state index in [1.807, 2.05) is 0 Å². The van der Waals surface area contributed by atoms with E-state index in [0.29, 0.717) is 19.5 Å². The van der Waals surface area contributed by atoms with Crippen LogP contribution in [0.2, 0.25) is 0 Å². The summed E-state index contributed by atoms with van der Waals surface area (Å²) in [4.78, 5) is 48.4. The molecule has 11 heteroatoms. The van der Waals surface area contributed by atoms with Gasteiger partial charge in [0.2, 0.25) is 0 Å². The lowest BCUT2D eigenvalue weighted by Gasteiger charge is -2.25. The molecule has 17 heavy (non-hydrogen) atoms. The second kappa shape index (κ2) is 5.61. The Morgan fingerprint density at radius 1 is 1.41 bits per heavy atom. The molecule has 2 unspecified atom stereocenters. The first kappa shape index (κ1) is 15.5. The summed E-state index contributed by atoms with van der Waals surface area (Å²) < 4.78 is 11.0. The molecule has 1 rings (SSSR count).